The lowest BCUT2D eigenvalue weighted by Crippen LogP contribution is -2.51. The minimum absolute atomic E-state index is 0.787. The molecule has 0 atom stereocenters. The zero-order valence-corrected chi connectivity index (χ0v) is 18.7. The second-order valence-corrected chi connectivity index (χ2v) is 7.70. The van der Waals surface area contributed by atoms with Crippen LogP contribution in [-0.2, 0) is 14.2 Å². The van der Waals surface area contributed by atoms with Crippen LogP contribution in [0.15, 0.2) is 0 Å². The van der Waals surface area contributed by atoms with Crippen molar-refractivity contribution in [2.75, 3.05) is 47.5 Å². The Hall–Kier alpha value is 0.0569. The third-order valence-electron chi connectivity index (χ3n) is 5.01. The lowest BCUT2D eigenvalue weighted by Gasteiger charge is -2.40. The molecule has 0 aliphatic carbocycles. The fourth-order valence-electron chi connectivity index (χ4n) is 3.34. The zero-order valence-electron chi connectivity index (χ0n) is 16.7. The molecule has 0 rings (SSSR count). The van der Waals surface area contributed by atoms with E-state index in [1.165, 1.54) is 79.1 Å². The van der Waals surface area contributed by atoms with Gasteiger partial charge in [0.05, 0.1) is 26.2 Å². The summed E-state index contributed by atoms with van der Waals surface area (Å²) in [6.45, 7) is 9.78. The van der Waals surface area contributed by atoms with Crippen molar-refractivity contribution < 1.29 is 18.7 Å². The Morgan fingerprint density at radius 1 is 0.739 bits per heavy atom. The lowest BCUT2D eigenvalue weighted by atomic mass is 10.1. The summed E-state index contributed by atoms with van der Waals surface area (Å²) in [5.41, 5.74) is 0. The van der Waals surface area contributed by atoms with E-state index in [0.29, 0.717) is 0 Å². The monoisotopic (exact) mass is 348 g/mol. The molecule has 23 heavy (non-hydrogen) atoms. The maximum atomic E-state index is 5.45. The highest BCUT2D eigenvalue weighted by Crippen LogP contribution is 2.22. The van der Waals surface area contributed by atoms with Gasteiger partial charge in [-0.05, 0) is 19.3 Å². The van der Waals surface area contributed by atoms with Gasteiger partial charge in [-0.2, -0.15) is 0 Å². The van der Waals surface area contributed by atoms with Crippen molar-refractivity contribution in [3.8, 4) is 0 Å². The van der Waals surface area contributed by atoms with Crippen molar-refractivity contribution >= 4 is 10.2 Å². The van der Waals surface area contributed by atoms with Crippen molar-refractivity contribution in [2.24, 2.45) is 0 Å². The second-order valence-electron chi connectivity index (χ2n) is 6.70. The molecular formula is C18H42NO3Si+. The Morgan fingerprint density at radius 3 is 1.57 bits per heavy atom. The van der Waals surface area contributed by atoms with Gasteiger partial charge in [0.1, 0.15) is 0 Å². The lowest BCUT2D eigenvalue weighted by molar-refractivity contribution is -0.929. The van der Waals surface area contributed by atoms with Crippen LogP contribution >= 0.6 is 0 Å². The van der Waals surface area contributed by atoms with Gasteiger partial charge < -0.3 is 18.7 Å². The topological polar surface area (TPSA) is 27.7 Å². The van der Waals surface area contributed by atoms with E-state index < -0.39 is 5.97 Å². The fraction of sp³-hybridized carbons (Fsp3) is 1.00. The van der Waals surface area contributed by atoms with Gasteiger partial charge in [0.25, 0.3) is 5.97 Å². The van der Waals surface area contributed by atoms with Crippen LogP contribution in [0.2, 0.25) is 6.04 Å². The summed E-state index contributed by atoms with van der Waals surface area (Å²) >= 11 is 0. The Bertz CT molecular complexity index is 243. The first-order valence-corrected chi connectivity index (χ1v) is 11.0. The van der Waals surface area contributed by atoms with Gasteiger partial charge in [-0.1, -0.05) is 32.7 Å². The molecule has 4 nitrogen and oxygen atoms in total. The number of hydrogen-bond donors (Lipinski definition) is 0. The van der Waals surface area contributed by atoms with Crippen LogP contribution in [0.25, 0.3) is 0 Å². The molecule has 0 amide bonds. The Labute approximate surface area is 147 Å². The molecule has 0 aromatic carbocycles. The van der Waals surface area contributed by atoms with Crippen LogP contribution in [-0.4, -0.2) is 68.2 Å². The zero-order chi connectivity index (χ0) is 17.6. The van der Waals surface area contributed by atoms with Crippen molar-refractivity contribution in [1.29, 1.82) is 0 Å². The molecule has 0 heterocycles. The molecule has 0 aliphatic rings. The van der Waals surface area contributed by atoms with Gasteiger partial charge in [-0.25, -0.2) is 0 Å². The van der Waals surface area contributed by atoms with E-state index in [9.17, 15) is 0 Å². The Morgan fingerprint density at radius 2 is 1.17 bits per heavy atom. The predicted octanol–water partition coefficient (Wildman–Crippen LogP) is 2.95. The third-order valence-corrected chi connectivity index (χ3v) is 5.71. The maximum absolute atomic E-state index is 5.45. The summed E-state index contributed by atoms with van der Waals surface area (Å²) in [6, 6.07) is 1.41. The number of unbranched alkanes of at least 4 members (excludes halogenated alkanes) is 2. The number of rotatable bonds is 16. The van der Waals surface area contributed by atoms with Crippen LogP contribution in [0.3, 0.4) is 0 Å². The van der Waals surface area contributed by atoms with Gasteiger partial charge in [0.15, 0.2) is 0 Å². The maximum Gasteiger partial charge on any atom is 0.282 e. The van der Waals surface area contributed by atoms with Crippen molar-refractivity contribution in [2.45, 2.75) is 70.8 Å². The van der Waals surface area contributed by atoms with E-state index in [2.05, 4.69) is 13.8 Å². The van der Waals surface area contributed by atoms with Crippen LogP contribution < -0.4 is 0 Å². The molecule has 0 radical (unpaired) electrons. The first kappa shape index (κ1) is 23.1. The van der Waals surface area contributed by atoms with Crippen molar-refractivity contribution in [1.82, 2.24) is 0 Å². The molecule has 0 saturated carbocycles. The standard InChI is InChI=1S/C18H42NO3Si/c1-6-8-13-19(14-9-7-2,16-11-17-23)15-10-12-18(20-3,21-4)22-5/h6-17H2,1-5,23H3/q+1. The number of ether oxygens (including phenoxy) is 3. The van der Waals surface area contributed by atoms with Crippen LogP contribution in [0, 0.1) is 0 Å². The van der Waals surface area contributed by atoms with Gasteiger partial charge >= 0.3 is 0 Å². The smallest absolute Gasteiger partial charge is 0.282 e. The molecule has 140 valence electrons. The minimum atomic E-state index is -0.872. The molecule has 0 aromatic rings. The molecule has 0 aromatic heterocycles. The summed E-state index contributed by atoms with van der Waals surface area (Å²) in [6.07, 6.45) is 8.46. The number of hydrogen-bond acceptors (Lipinski definition) is 3. The van der Waals surface area contributed by atoms with Gasteiger partial charge in [0.2, 0.25) is 0 Å². The van der Waals surface area contributed by atoms with Crippen molar-refractivity contribution in [3.63, 3.8) is 0 Å². The van der Waals surface area contributed by atoms with Gasteiger partial charge in [-0.3, -0.25) is 0 Å². The SMILES string of the molecule is CCCC[N+](CCCC)(CCC[SiH3])CCCC(OC)(OC)OC. The van der Waals surface area contributed by atoms with E-state index in [1.54, 1.807) is 21.3 Å². The number of methoxy groups -OCH3 is 3. The largest absolute Gasteiger partial charge is 0.331 e. The van der Waals surface area contributed by atoms with E-state index in [-0.39, 0.29) is 0 Å². The number of quaternary nitrogens is 1. The summed E-state index contributed by atoms with van der Waals surface area (Å²) in [7, 11) is 6.29. The van der Waals surface area contributed by atoms with Crippen molar-refractivity contribution in [3.05, 3.63) is 0 Å². The average molecular weight is 349 g/mol. The molecule has 0 saturated heterocycles. The molecular weight excluding hydrogens is 306 g/mol. The van der Waals surface area contributed by atoms with Crippen LogP contribution in [0.1, 0.15) is 58.8 Å². The summed E-state index contributed by atoms with van der Waals surface area (Å²) < 4.78 is 17.6. The predicted molar refractivity (Wildman–Crippen MR) is 102 cm³/mol. The molecule has 0 aliphatic heterocycles. The molecule has 0 spiro atoms. The first-order valence-electron chi connectivity index (χ1n) is 9.58. The summed E-state index contributed by atoms with van der Waals surface area (Å²) in [4.78, 5) is 0. The van der Waals surface area contributed by atoms with Crippen LogP contribution in [0.4, 0.5) is 0 Å². The van der Waals surface area contributed by atoms with Crippen LogP contribution in [0.5, 0.6) is 0 Å². The highest BCUT2D eigenvalue weighted by molar-refractivity contribution is 6.08. The average Bonchev–Trinajstić information content (AvgIpc) is 2.60. The van der Waals surface area contributed by atoms with E-state index in [1.807, 2.05) is 0 Å². The molecule has 0 unspecified atom stereocenters. The summed E-state index contributed by atoms with van der Waals surface area (Å²) in [5, 5.41) is 0. The highest BCUT2D eigenvalue weighted by atomic mass is 28.1. The third kappa shape index (κ3) is 8.63. The fourth-order valence-corrected chi connectivity index (χ4v) is 3.65. The Balaban J connectivity index is 4.80. The first-order chi connectivity index (χ1) is 11.1. The number of nitrogens with zero attached hydrogens (tertiary/aromatic N) is 1. The second kappa shape index (κ2) is 13.4. The molecule has 5 heteroatoms. The van der Waals surface area contributed by atoms with Gasteiger partial charge in [0, 0.05) is 44.4 Å². The molecule has 0 bridgehead atoms. The highest BCUT2D eigenvalue weighted by Gasteiger charge is 2.32. The Kier molecular flexibility index (Phi) is 13.4. The van der Waals surface area contributed by atoms with E-state index >= 15 is 0 Å². The van der Waals surface area contributed by atoms with E-state index in [4.69, 9.17) is 14.2 Å². The van der Waals surface area contributed by atoms with Gasteiger partial charge in [-0.15, -0.1) is 0 Å². The molecule has 0 fully saturated rings. The summed E-state index contributed by atoms with van der Waals surface area (Å²) in [5.74, 6) is -0.872. The normalized spacial score (nSPS) is 12.9. The molecule has 0 N–H and O–H groups in total. The quantitative estimate of drug-likeness (QED) is 0.244. The van der Waals surface area contributed by atoms with E-state index in [0.717, 1.165) is 12.8 Å². The minimum Gasteiger partial charge on any atom is -0.331 e.